The van der Waals surface area contributed by atoms with E-state index in [9.17, 15) is 0 Å². The molecule has 3 rings (SSSR count). The van der Waals surface area contributed by atoms with Gasteiger partial charge in [0, 0.05) is 25.4 Å². The summed E-state index contributed by atoms with van der Waals surface area (Å²) in [5, 5.41) is 11.8. The number of hydrogen-bond acceptors (Lipinski definition) is 5. The standard InChI is InChI=1S/C11H15N5O/c1-7-3-10-14-15-11(16(10)6-13-7)9-4-8(17-2)5-12-9/h3,6,8-9,12H,4-5H2,1-2H3. The molecular formula is C11H15N5O. The molecule has 17 heavy (non-hydrogen) atoms. The highest BCUT2D eigenvalue weighted by Gasteiger charge is 2.28. The molecule has 2 aromatic rings. The third-order valence-corrected chi connectivity index (χ3v) is 3.20. The van der Waals surface area contributed by atoms with Crippen LogP contribution < -0.4 is 5.32 Å². The van der Waals surface area contributed by atoms with Gasteiger partial charge in [-0.2, -0.15) is 0 Å². The summed E-state index contributed by atoms with van der Waals surface area (Å²) in [6, 6.07) is 2.12. The van der Waals surface area contributed by atoms with E-state index in [1.165, 1.54) is 0 Å². The zero-order valence-electron chi connectivity index (χ0n) is 9.92. The first-order valence-electron chi connectivity index (χ1n) is 5.71. The van der Waals surface area contributed by atoms with Crippen molar-refractivity contribution in [2.24, 2.45) is 0 Å². The second-order valence-electron chi connectivity index (χ2n) is 4.37. The summed E-state index contributed by atoms with van der Waals surface area (Å²) in [6.07, 6.45) is 2.96. The average Bonchev–Trinajstić information content (AvgIpc) is 2.93. The lowest BCUT2D eigenvalue weighted by Gasteiger charge is -2.08. The van der Waals surface area contributed by atoms with Crippen LogP contribution >= 0.6 is 0 Å². The van der Waals surface area contributed by atoms with Crippen molar-refractivity contribution in [1.29, 1.82) is 0 Å². The molecular weight excluding hydrogens is 218 g/mol. The monoisotopic (exact) mass is 233 g/mol. The zero-order chi connectivity index (χ0) is 11.8. The van der Waals surface area contributed by atoms with Crippen LogP contribution in [0, 0.1) is 6.92 Å². The van der Waals surface area contributed by atoms with E-state index in [0.29, 0.717) is 0 Å². The van der Waals surface area contributed by atoms with Crippen LogP contribution in [-0.2, 0) is 4.74 Å². The number of nitrogens with one attached hydrogen (secondary N) is 1. The molecule has 2 atom stereocenters. The molecule has 3 heterocycles. The van der Waals surface area contributed by atoms with E-state index in [4.69, 9.17) is 4.74 Å². The van der Waals surface area contributed by atoms with Gasteiger partial charge in [0.25, 0.3) is 0 Å². The van der Waals surface area contributed by atoms with Gasteiger partial charge in [-0.15, -0.1) is 10.2 Å². The maximum atomic E-state index is 5.34. The van der Waals surface area contributed by atoms with Crippen molar-refractivity contribution in [3.8, 4) is 0 Å². The van der Waals surface area contributed by atoms with Crippen molar-refractivity contribution in [3.05, 3.63) is 23.9 Å². The Bertz CT molecular complexity index is 538. The first-order chi connectivity index (χ1) is 8.28. The van der Waals surface area contributed by atoms with Crippen molar-refractivity contribution >= 4 is 5.65 Å². The Morgan fingerprint density at radius 2 is 2.35 bits per heavy atom. The molecule has 2 unspecified atom stereocenters. The van der Waals surface area contributed by atoms with Gasteiger partial charge in [-0.3, -0.25) is 4.40 Å². The minimum Gasteiger partial charge on any atom is -0.380 e. The fraction of sp³-hybridized carbons (Fsp3) is 0.545. The summed E-state index contributed by atoms with van der Waals surface area (Å²) < 4.78 is 7.27. The van der Waals surface area contributed by atoms with Crippen LogP contribution in [0.4, 0.5) is 0 Å². The third kappa shape index (κ3) is 1.79. The highest BCUT2D eigenvalue weighted by molar-refractivity contribution is 5.38. The number of rotatable bonds is 2. The maximum Gasteiger partial charge on any atom is 0.163 e. The van der Waals surface area contributed by atoms with Gasteiger partial charge in [-0.25, -0.2) is 4.98 Å². The normalized spacial score (nSPS) is 24.6. The number of ether oxygens (including phenoxy) is 1. The Labute approximate surface area is 99.0 Å². The first kappa shape index (κ1) is 10.6. The molecule has 0 spiro atoms. The Balaban J connectivity index is 1.96. The Morgan fingerprint density at radius 3 is 3.12 bits per heavy atom. The van der Waals surface area contributed by atoms with Gasteiger partial charge >= 0.3 is 0 Å². The largest absolute Gasteiger partial charge is 0.380 e. The van der Waals surface area contributed by atoms with Gasteiger partial charge in [-0.1, -0.05) is 0 Å². The quantitative estimate of drug-likeness (QED) is 0.817. The molecule has 0 aliphatic carbocycles. The number of aryl methyl sites for hydroxylation is 1. The number of nitrogens with zero attached hydrogens (tertiary/aromatic N) is 4. The summed E-state index contributed by atoms with van der Waals surface area (Å²) in [7, 11) is 1.74. The highest BCUT2D eigenvalue weighted by atomic mass is 16.5. The van der Waals surface area contributed by atoms with Crippen molar-refractivity contribution < 1.29 is 4.74 Å². The predicted octanol–water partition coefficient (Wildman–Crippen LogP) is 0.482. The summed E-state index contributed by atoms with van der Waals surface area (Å²) in [6.45, 7) is 2.80. The molecule has 1 N–H and O–H groups in total. The van der Waals surface area contributed by atoms with E-state index in [2.05, 4.69) is 20.5 Å². The lowest BCUT2D eigenvalue weighted by molar-refractivity contribution is 0.117. The molecule has 6 heteroatoms. The molecule has 0 saturated carbocycles. The lowest BCUT2D eigenvalue weighted by atomic mass is 10.2. The van der Waals surface area contributed by atoms with E-state index < -0.39 is 0 Å². The van der Waals surface area contributed by atoms with Gasteiger partial charge in [0.05, 0.1) is 12.1 Å². The zero-order valence-corrected chi connectivity index (χ0v) is 9.92. The van der Waals surface area contributed by atoms with Crippen LogP contribution in [0.15, 0.2) is 12.4 Å². The number of fused-ring (bicyclic) bond motifs is 1. The number of methoxy groups -OCH3 is 1. The summed E-state index contributed by atoms with van der Waals surface area (Å²) in [5.74, 6) is 0.909. The molecule has 2 aromatic heterocycles. The maximum absolute atomic E-state index is 5.34. The molecule has 1 saturated heterocycles. The van der Waals surface area contributed by atoms with E-state index in [1.54, 1.807) is 13.4 Å². The average molecular weight is 233 g/mol. The van der Waals surface area contributed by atoms with Gasteiger partial charge < -0.3 is 10.1 Å². The fourth-order valence-electron chi connectivity index (χ4n) is 2.22. The Hall–Kier alpha value is -1.53. The van der Waals surface area contributed by atoms with Crippen molar-refractivity contribution in [3.63, 3.8) is 0 Å². The van der Waals surface area contributed by atoms with Crippen LogP contribution in [0.2, 0.25) is 0 Å². The number of aromatic nitrogens is 4. The second kappa shape index (κ2) is 4.05. The SMILES string of the molecule is COC1CNC(c2nnc3cc(C)ncn23)C1. The third-order valence-electron chi connectivity index (χ3n) is 3.20. The molecule has 0 radical (unpaired) electrons. The Morgan fingerprint density at radius 1 is 1.47 bits per heavy atom. The highest BCUT2D eigenvalue weighted by Crippen LogP contribution is 2.23. The molecule has 0 aromatic carbocycles. The van der Waals surface area contributed by atoms with Gasteiger partial charge in [-0.05, 0) is 13.3 Å². The molecule has 1 fully saturated rings. The van der Waals surface area contributed by atoms with Crippen LogP contribution in [0.5, 0.6) is 0 Å². The molecule has 6 nitrogen and oxygen atoms in total. The summed E-state index contributed by atoms with van der Waals surface area (Å²) >= 11 is 0. The fourth-order valence-corrected chi connectivity index (χ4v) is 2.22. The molecule has 90 valence electrons. The van der Waals surface area contributed by atoms with Crippen LogP contribution in [0.3, 0.4) is 0 Å². The van der Waals surface area contributed by atoms with Gasteiger partial charge in [0.1, 0.15) is 6.33 Å². The van der Waals surface area contributed by atoms with Gasteiger partial charge in [0.2, 0.25) is 0 Å². The van der Waals surface area contributed by atoms with Crippen LogP contribution in [-0.4, -0.2) is 39.3 Å². The van der Waals surface area contributed by atoms with Crippen molar-refractivity contribution in [1.82, 2.24) is 24.9 Å². The summed E-state index contributed by atoms with van der Waals surface area (Å²) in [5.41, 5.74) is 1.79. The van der Waals surface area contributed by atoms with E-state index in [1.807, 2.05) is 17.4 Å². The van der Waals surface area contributed by atoms with E-state index in [0.717, 1.165) is 30.1 Å². The van der Waals surface area contributed by atoms with E-state index in [-0.39, 0.29) is 12.1 Å². The lowest BCUT2D eigenvalue weighted by Crippen LogP contribution is -2.17. The number of hydrogen-bond donors (Lipinski definition) is 1. The molecule has 0 amide bonds. The van der Waals surface area contributed by atoms with Gasteiger partial charge in [0.15, 0.2) is 11.5 Å². The molecule has 1 aliphatic rings. The first-order valence-corrected chi connectivity index (χ1v) is 5.71. The minimum absolute atomic E-state index is 0.194. The molecule has 0 bridgehead atoms. The van der Waals surface area contributed by atoms with Crippen molar-refractivity contribution in [2.75, 3.05) is 13.7 Å². The van der Waals surface area contributed by atoms with Crippen LogP contribution in [0.1, 0.15) is 24.0 Å². The topological polar surface area (TPSA) is 64.3 Å². The second-order valence-corrected chi connectivity index (χ2v) is 4.37. The van der Waals surface area contributed by atoms with Crippen LogP contribution in [0.25, 0.3) is 5.65 Å². The smallest absolute Gasteiger partial charge is 0.163 e. The summed E-state index contributed by atoms with van der Waals surface area (Å²) in [4.78, 5) is 4.27. The minimum atomic E-state index is 0.194. The van der Waals surface area contributed by atoms with Crippen molar-refractivity contribution in [2.45, 2.75) is 25.5 Å². The Kier molecular flexibility index (Phi) is 2.53. The molecule has 1 aliphatic heterocycles. The predicted molar refractivity (Wildman–Crippen MR) is 61.7 cm³/mol. The van der Waals surface area contributed by atoms with E-state index >= 15 is 0 Å².